The number of halogens is 1. The van der Waals surface area contributed by atoms with Crippen molar-refractivity contribution in [3.05, 3.63) is 28.2 Å². The average Bonchev–Trinajstić information content (AvgIpc) is 2.37. The number of hydrogen-bond acceptors (Lipinski definition) is 3. The van der Waals surface area contributed by atoms with Gasteiger partial charge in [-0.05, 0) is 42.6 Å². The molecule has 1 unspecified atom stereocenters. The number of aliphatic hydroxyl groups excluding tert-OH is 1. The molecule has 0 saturated heterocycles. The van der Waals surface area contributed by atoms with Crippen LogP contribution in [0.15, 0.2) is 22.7 Å². The topological polar surface area (TPSA) is 41.5 Å². The third-order valence-corrected chi connectivity index (χ3v) is 3.33. The molecule has 2 N–H and O–H groups in total. The number of aliphatic hydroxyl groups is 1. The molecule has 0 spiro atoms. The van der Waals surface area contributed by atoms with Crippen LogP contribution in [0.2, 0.25) is 0 Å². The second-order valence-electron chi connectivity index (χ2n) is 5.01. The van der Waals surface area contributed by atoms with Crippen molar-refractivity contribution in [2.24, 2.45) is 0 Å². The largest absolute Gasteiger partial charge is 0.491 e. The Balaban J connectivity index is 2.52. The summed E-state index contributed by atoms with van der Waals surface area (Å²) >= 11 is 3.47. The average molecular weight is 330 g/mol. The maximum absolute atomic E-state index is 9.82. The van der Waals surface area contributed by atoms with E-state index in [-0.39, 0.29) is 0 Å². The smallest absolute Gasteiger partial charge is 0.122 e. The van der Waals surface area contributed by atoms with E-state index in [2.05, 4.69) is 48.1 Å². The molecular formula is C15H24BrNO2. The molecular weight excluding hydrogens is 306 g/mol. The van der Waals surface area contributed by atoms with E-state index >= 15 is 0 Å². The van der Waals surface area contributed by atoms with Crippen molar-refractivity contribution < 1.29 is 9.84 Å². The molecule has 0 heterocycles. The van der Waals surface area contributed by atoms with Crippen LogP contribution in [0.5, 0.6) is 5.75 Å². The van der Waals surface area contributed by atoms with Gasteiger partial charge >= 0.3 is 0 Å². The summed E-state index contributed by atoms with van der Waals surface area (Å²) in [5, 5.41) is 13.0. The molecule has 4 heteroatoms. The van der Waals surface area contributed by atoms with Crippen molar-refractivity contribution in [2.75, 3.05) is 19.7 Å². The Hall–Kier alpha value is -0.580. The maximum atomic E-state index is 9.82. The fourth-order valence-corrected chi connectivity index (χ4v) is 2.17. The van der Waals surface area contributed by atoms with Gasteiger partial charge in [0.25, 0.3) is 0 Å². The Kier molecular flexibility index (Phi) is 7.42. The van der Waals surface area contributed by atoms with Crippen LogP contribution in [0.4, 0.5) is 0 Å². The van der Waals surface area contributed by atoms with Gasteiger partial charge in [0, 0.05) is 11.0 Å². The first-order chi connectivity index (χ1) is 9.04. The van der Waals surface area contributed by atoms with E-state index in [0.29, 0.717) is 19.1 Å². The molecule has 3 nitrogen and oxygen atoms in total. The molecule has 0 amide bonds. The summed E-state index contributed by atoms with van der Waals surface area (Å²) in [4.78, 5) is 0. The number of hydrogen-bond donors (Lipinski definition) is 2. The number of benzene rings is 1. The lowest BCUT2D eigenvalue weighted by atomic mass is 10.0. The van der Waals surface area contributed by atoms with Crippen molar-refractivity contribution in [3.8, 4) is 5.75 Å². The van der Waals surface area contributed by atoms with Crippen LogP contribution in [0.25, 0.3) is 0 Å². The normalized spacial score (nSPS) is 12.7. The van der Waals surface area contributed by atoms with Crippen LogP contribution in [0, 0.1) is 0 Å². The molecule has 0 aromatic heterocycles. The van der Waals surface area contributed by atoms with Gasteiger partial charge in [0.15, 0.2) is 0 Å². The minimum atomic E-state index is -0.477. The second-order valence-corrected chi connectivity index (χ2v) is 5.92. The van der Waals surface area contributed by atoms with Crippen molar-refractivity contribution in [1.82, 2.24) is 5.32 Å². The van der Waals surface area contributed by atoms with Crippen LogP contribution in [0.3, 0.4) is 0 Å². The summed E-state index contributed by atoms with van der Waals surface area (Å²) < 4.78 is 6.78. The first-order valence-corrected chi connectivity index (χ1v) is 7.65. The Bertz CT molecular complexity index is 382. The Labute approximate surface area is 124 Å². The first-order valence-electron chi connectivity index (χ1n) is 6.85. The monoisotopic (exact) mass is 329 g/mol. The van der Waals surface area contributed by atoms with Crippen LogP contribution in [0.1, 0.15) is 38.7 Å². The van der Waals surface area contributed by atoms with Crippen LogP contribution in [-0.4, -0.2) is 30.9 Å². The van der Waals surface area contributed by atoms with E-state index in [1.165, 1.54) is 0 Å². The van der Waals surface area contributed by atoms with Crippen molar-refractivity contribution in [3.63, 3.8) is 0 Å². The Morgan fingerprint density at radius 1 is 1.37 bits per heavy atom. The SMILES string of the molecule is CCCNCC(O)COc1ccc(Br)cc1C(C)C. The molecule has 0 radical (unpaired) electrons. The maximum Gasteiger partial charge on any atom is 0.122 e. The molecule has 0 fully saturated rings. The van der Waals surface area contributed by atoms with Gasteiger partial charge in [-0.3, -0.25) is 0 Å². The molecule has 0 bridgehead atoms. The van der Waals surface area contributed by atoms with Gasteiger partial charge in [-0.2, -0.15) is 0 Å². The number of nitrogens with one attached hydrogen (secondary N) is 1. The third kappa shape index (κ3) is 5.93. The van der Waals surface area contributed by atoms with Gasteiger partial charge in [-0.1, -0.05) is 36.7 Å². The van der Waals surface area contributed by atoms with E-state index in [4.69, 9.17) is 4.74 Å². The predicted molar refractivity (Wildman–Crippen MR) is 82.9 cm³/mol. The fourth-order valence-electron chi connectivity index (χ4n) is 1.79. The zero-order valence-electron chi connectivity index (χ0n) is 11.9. The second kappa shape index (κ2) is 8.56. The van der Waals surface area contributed by atoms with Gasteiger partial charge in [-0.15, -0.1) is 0 Å². The highest BCUT2D eigenvalue weighted by molar-refractivity contribution is 9.10. The van der Waals surface area contributed by atoms with Crippen LogP contribution < -0.4 is 10.1 Å². The Morgan fingerprint density at radius 3 is 2.74 bits per heavy atom. The van der Waals surface area contributed by atoms with Gasteiger partial charge in [0.1, 0.15) is 18.5 Å². The molecule has 1 atom stereocenters. The lowest BCUT2D eigenvalue weighted by molar-refractivity contribution is 0.106. The van der Waals surface area contributed by atoms with Gasteiger partial charge in [-0.25, -0.2) is 0 Å². The summed E-state index contributed by atoms with van der Waals surface area (Å²) in [6.07, 6.45) is 0.591. The van der Waals surface area contributed by atoms with E-state index < -0.39 is 6.10 Å². The van der Waals surface area contributed by atoms with Crippen LogP contribution >= 0.6 is 15.9 Å². The highest BCUT2D eigenvalue weighted by atomic mass is 79.9. The summed E-state index contributed by atoms with van der Waals surface area (Å²) in [5.41, 5.74) is 1.16. The van der Waals surface area contributed by atoms with Gasteiger partial charge < -0.3 is 15.2 Å². The molecule has 0 aliphatic rings. The minimum absolute atomic E-state index is 0.318. The summed E-state index contributed by atoms with van der Waals surface area (Å²) in [6.45, 7) is 8.18. The molecule has 0 saturated carbocycles. The first kappa shape index (κ1) is 16.5. The Morgan fingerprint density at radius 2 is 2.11 bits per heavy atom. The highest BCUT2D eigenvalue weighted by Gasteiger charge is 2.11. The van der Waals surface area contributed by atoms with Gasteiger partial charge in [0.2, 0.25) is 0 Å². The quantitative estimate of drug-likeness (QED) is 0.719. The van der Waals surface area contributed by atoms with Gasteiger partial charge in [0.05, 0.1) is 0 Å². The highest BCUT2D eigenvalue weighted by Crippen LogP contribution is 2.29. The minimum Gasteiger partial charge on any atom is -0.491 e. The lowest BCUT2D eigenvalue weighted by Crippen LogP contribution is -2.31. The molecule has 108 valence electrons. The van der Waals surface area contributed by atoms with Crippen LogP contribution in [-0.2, 0) is 0 Å². The van der Waals surface area contributed by atoms with Crippen molar-refractivity contribution in [1.29, 1.82) is 0 Å². The number of ether oxygens (including phenoxy) is 1. The molecule has 1 aromatic rings. The van der Waals surface area contributed by atoms with Crippen molar-refractivity contribution in [2.45, 2.75) is 39.2 Å². The predicted octanol–water partition coefficient (Wildman–Crippen LogP) is 3.31. The van der Waals surface area contributed by atoms with Crippen molar-refractivity contribution >= 4 is 15.9 Å². The molecule has 1 rings (SSSR count). The zero-order chi connectivity index (χ0) is 14.3. The fraction of sp³-hybridized carbons (Fsp3) is 0.600. The van der Waals surface area contributed by atoms with E-state index in [9.17, 15) is 5.11 Å². The van der Waals surface area contributed by atoms with E-state index in [0.717, 1.165) is 28.8 Å². The summed E-state index contributed by atoms with van der Waals surface area (Å²) in [5.74, 6) is 1.25. The molecule has 0 aliphatic carbocycles. The lowest BCUT2D eigenvalue weighted by Gasteiger charge is -2.17. The zero-order valence-corrected chi connectivity index (χ0v) is 13.5. The molecule has 19 heavy (non-hydrogen) atoms. The van der Waals surface area contributed by atoms with E-state index in [1.807, 2.05) is 12.1 Å². The number of rotatable bonds is 8. The summed E-state index contributed by atoms with van der Waals surface area (Å²) in [7, 11) is 0. The third-order valence-electron chi connectivity index (χ3n) is 2.83. The molecule has 1 aromatic carbocycles. The van der Waals surface area contributed by atoms with E-state index in [1.54, 1.807) is 0 Å². The standard InChI is InChI=1S/C15H24BrNO2/c1-4-7-17-9-13(18)10-19-15-6-5-12(16)8-14(15)11(2)3/h5-6,8,11,13,17-18H,4,7,9-10H2,1-3H3. The molecule has 0 aliphatic heterocycles. The summed E-state index contributed by atoms with van der Waals surface area (Å²) in [6, 6.07) is 5.98.